The van der Waals surface area contributed by atoms with Gasteiger partial charge in [-0.3, -0.25) is 0 Å². The van der Waals surface area contributed by atoms with Crippen LogP contribution < -0.4 is 9.47 Å². The molecule has 0 unspecified atom stereocenters. The lowest BCUT2D eigenvalue weighted by atomic mass is 9.94. The van der Waals surface area contributed by atoms with Crippen molar-refractivity contribution in [2.75, 3.05) is 6.61 Å². The summed E-state index contributed by atoms with van der Waals surface area (Å²) in [6.07, 6.45) is 2.00. The van der Waals surface area contributed by atoms with E-state index in [1.54, 1.807) is 0 Å². The first-order chi connectivity index (χ1) is 16.2. The van der Waals surface area contributed by atoms with Gasteiger partial charge in [0.15, 0.2) is 0 Å². The Balaban J connectivity index is 1.60. The molecule has 0 aliphatic heterocycles. The number of aromatic nitrogens is 2. The Morgan fingerprint density at radius 1 is 0.758 bits per heavy atom. The maximum atomic E-state index is 10.1. The van der Waals surface area contributed by atoms with Crippen LogP contribution in [-0.4, -0.2) is 21.7 Å². The van der Waals surface area contributed by atoms with Crippen molar-refractivity contribution in [3.05, 3.63) is 117 Å². The summed E-state index contributed by atoms with van der Waals surface area (Å²) in [7, 11) is 0. The van der Waals surface area contributed by atoms with Crippen LogP contribution in [0.25, 0.3) is 0 Å². The van der Waals surface area contributed by atoms with Crippen molar-refractivity contribution in [1.82, 2.24) is 9.97 Å². The highest BCUT2D eigenvalue weighted by atomic mass is 127. The number of benzene rings is 3. The maximum Gasteiger partial charge on any atom is 0.260 e. The molecule has 5 nitrogen and oxygen atoms in total. The van der Waals surface area contributed by atoms with Gasteiger partial charge in [-0.15, -0.1) is 0 Å². The Hall–Kier alpha value is -2.97. The first-order valence-electron chi connectivity index (χ1n) is 10.8. The third kappa shape index (κ3) is 6.52. The number of hydrogen-bond donors (Lipinski definition) is 1. The summed E-state index contributed by atoms with van der Waals surface area (Å²) in [5.41, 5.74) is 3.84. The second kappa shape index (κ2) is 11.8. The van der Waals surface area contributed by atoms with Crippen LogP contribution in [0.2, 0.25) is 0 Å². The summed E-state index contributed by atoms with van der Waals surface area (Å²) in [5, 5.41) is 10.1. The molecular weight excluding hydrogens is 527 g/mol. The zero-order chi connectivity index (χ0) is 22.9. The van der Waals surface area contributed by atoms with Gasteiger partial charge < -0.3 is 14.6 Å². The minimum absolute atomic E-state index is 0.00290. The zero-order valence-electron chi connectivity index (χ0n) is 18.1. The molecule has 0 bridgehead atoms. The van der Waals surface area contributed by atoms with Crippen LogP contribution in [-0.2, 0) is 19.6 Å². The Kier molecular flexibility index (Phi) is 8.27. The second-order valence-corrected chi connectivity index (χ2v) is 8.88. The molecule has 33 heavy (non-hydrogen) atoms. The van der Waals surface area contributed by atoms with Gasteiger partial charge >= 0.3 is 0 Å². The summed E-state index contributed by atoms with van der Waals surface area (Å²) in [5.74, 6) is 0.804. The van der Waals surface area contributed by atoms with Crippen molar-refractivity contribution in [1.29, 1.82) is 0 Å². The average Bonchev–Trinajstić information content (AvgIpc) is 2.87. The number of hydrogen-bond acceptors (Lipinski definition) is 5. The molecule has 0 saturated heterocycles. The Morgan fingerprint density at radius 2 is 1.36 bits per heavy atom. The topological polar surface area (TPSA) is 64.5 Å². The Bertz CT molecular complexity index is 1140. The van der Waals surface area contributed by atoms with E-state index in [1.165, 1.54) is 6.33 Å². The molecule has 4 aromatic rings. The maximum absolute atomic E-state index is 10.1. The number of aliphatic hydroxyl groups excluding tert-OH is 1. The van der Waals surface area contributed by atoms with Crippen LogP contribution >= 0.6 is 22.6 Å². The Morgan fingerprint density at radius 3 is 1.97 bits per heavy atom. The highest BCUT2D eigenvalue weighted by Gasteiger charge is 2.20. The number of halogens is 1. The standard InChI is InChI=1S/C27H25IN2O3/c28-24-13-11-22(12-14-24)23(16-31)15-25-26(32-17-20-7-3-1-4-8-20)27(30-19-29-25)33-18-21-9-5-2-6-10-21/h1-14,19,23,31H,15-18H2/t23-/m1/s1. The van der Waals surface area contributed by atoms with Gasteiger partial charge in [-0.05, 0) is 51.4 Å². The van der Waals surface area contributed by atoms with E-state index >= 15 is 0 Å². The van der Waals surface area contributed by atoms with Gasteiger partial charge in [-0.25, -0.2) is 4.98 Å². The highest BCUT2D eigenvalue weighted by Crippen LogP contribution is 2.33. The van der Waals surface area contributed by atoms with Crippen LogP contribution in [0.4, 0.5) is 0 Å². The number of aliphatic hydroxyl groups is 1. The molecule has 0 fully saturated rings. The normalized spacial score (nSPS) is 11.7. The van der Waals surface area contributed by atoms with Crippen molar-refractivity contribution in [3.63, 3.8) is 0 Å². The summed E-state index contributed by atoms with van der Waals surface area (Å²) >= 11 is 2.28. The molecule has 0 aliphatic rings. The summed E-state index contributed by atoms with van der Waals surface area (Å²) in [6.45, 7) is 0.749. The fourth-order valence-electron chi connectivity index (χ4n) is 3.50. The predicted molar refractivity (Wildman–Crippen MR) is 136 cm³/mol. The lowest BCUT2D eigenvalue weighted by molar-refractivity contribution is 0.238. The first kappa shape index (κ1) is 23.2. The summed E-state index contributed by atoms with van der Waals surface area (Å²) in [4.78, 5) is 8.87. The summed E-state index contributed by atoms with van der Waals surface area (Å²) < 4.78 is 13.4. The minimum atomic E-state index is -0.113. The fourth-order valence-corrected chi connectivity index (χ4v) is 3.86. The lowest BCUT2D eigenvalue weighted by Crippen LogP contribution is -2.12. The predicted octanol–water partition coefficient (Wildman–Crippen LogP) is 5.56. The first-order valence-corrected chi connectivity index (χ1v) is 11.8. The number of ether oxygens (including phenoxy) is 2. The van der Waals surface area contributed by atoms with Crippen molar-refractivity contribution in [3.8, 4) is 11.6 Å². The molecule has 1 heterocycles. The molecule has 168 valence electrons. The van der Waals surface area contributed by atoms with Gasteiger partial charge in [0.1, 0.15) is 19.5 Å². The van der Waals surface area contributed by atoms with E-state index in [-0.39, 0.29) is 12.5 Å². The highest BCUT2D eigenvalue weighted by molar-refractivity contribution is 14.1. The third-order valence-corrected chi connectivity index (χ3v) is 6.01. The number of rotatable bonds is 10. The molecule has 0 radical (unpaired) electrons. The second-order valence-electron chi connectivity index (χ2n) is 7.64. The van der Waals surface area contributed by atoms with Gasteiger partial charge in [-0.2, -0.15) is 4.98 Å². The molecule has 0 aliphatic carbocycles. The zero-order valence-corrected chi connectivity index (χ0v) is 20.3. The van der Waals surface area contributed by atoms with Crippen molar-refractivity contribution in [2.24, 2.45) is 0 Å². The molecule has 1 N–H and O–H groups in total. The molecule has 1 atom stereocenters. The molecule has 0 saturated carbocycles. The van der Waals surface area contributed by atoms with Crippen LogP contribution in [0, 0.1) is 3.57 Å². The molecule has 0 amide bonds. The average molecular weight is 552 g/mol. The van der Waals surface area contributed by atoms with Gasteiger partial charge in [0.25, 0.3) is 5.88 Å². The van der Waals surface area contributed by atoms with Gasteiger partial charge in [0, 0.05) is 15.9 Å². The smallest absolute Gasteiger partial charge is 0.260 e. The molecular formula is C27H25IN2O3. The molecule has 1 aromatic heterocycles. The summed E-state index contributed by atoms with van der Waals surface area (Å²) in [6, 6.07) is 28.1. The lowest BCUT2D eigenvalue weighted by Gasteiger charge is -2.19. The Labute approximate surface area is 207 Å². The monoisotopic (exact) mass is 552 g/mol. The molecule has 4 rings (SSSR count). The fraction of sp³-hybridized carbons (Fsp3) is 0.185. The van der Waals surface area contributed by atoms with Gasteiger partial charge in [0.2, 0.25) is 5.75 Å². The minimum Gasteiger partial charge on any atom is -0.482 e. The van der Waals surface area contributed by atoms with Crippen molar-refractivity contribution < 1.29 is 14.6 Å². The van der Waals surface area contributed by atoms with E-state index in [1.807, 2.05) is 84.9 Å². The molecule has 3 aromatic carbocycles. The van der Waals surface area contributed by atoms with Crippen LogP contribution in [0.5, 0.6) is 11.6 Å². The van der Waals surface area contributed by atoms with E-state index in [0.29, 0.717) is 37.0 Å². The van der Waals surface area contributed by atoms with E-state index in [4.69, 9.17) is 9.47 Å². The number of nitrogens with zero attached hydrogens (tertiary/aromatic N) is 2. The molecule has 0 spiro atoms. The molecule has 6 heteroatoms. The quantitative estimate of drug-likeness (QED) is 0.261. The third-order valence-electron chi connectivity index (χ3n) is 5.29. The van der Waals surface area contributed by atoms with Gasteiger partial charge in [0.05, 0.1) is 12.3 Å². The largest absolute Gasteiger partial charge is 0.482 e. The van der Waals surface area contributed by atoms with E-state index < -0.39 is 0 Å². The van der Waals surface area contributed by atoms with E-state index in [0.717, 1.165) is 20.3 Å². The SMILES string of the molecule is OC[C@@H](Cc1ncnc(OCc2ccccc2)c1OCc1ccccc1)c1ccc(I)cc1. The van der Waals surface area contributed by atoms with Crippen molar-refractivity contribution >= 4 is 22.6 Å². The van der Waals surface area contributed by atoms with E-state index in [9.17, 15) is 5.11 Å². The van der Waals surface area contributed by atoms with Crippen LogP contribution in [0.1, 0.15) is 28.3 Å². The van der Waals surface area contributed by atoms with Crippen molar-refractivity contribution in [2.45, 2.75) is 25.6 Å². The van der Waals surface area contributed by atoms with E-state index in [2.05, 4.69) is 32.6 Å². The van der Waals surface area contributed by atoms with Crippen LogP contribution in [0.15, 0.2) is 91.3 Å². The van der Waals surface area contributed by atoms with Gasteiger partial charge in [-0.1, -0.05) is 72.8 Å². The van der Waals surface area contributed by atoms with Crippen LogP contribution in [0.3, 0.4) is 0 Å².